The number of aliphatic carboxylic acids is 1. The molecule has 6 nitrogen and oxygen atoms in total. The van der Waals surface area contributed by atoms with Crippen molar-refractivity contribution in [1.29, 1.82) is 0 Å². The molecule has 22 heavy (non-hydrogen) atoms. The minimum absolute atomic E-state index is 0.308. The van der Waals surface area contributed by atoms with E-state index < -0.39 is 23.6 Å². The molecular formula is C16H23NO5. The molecule has 6 heteroatoms. The van der Waals surface area contributed by atoms with Crippen LogP contribution in [0.5, 0.6) is 5.75 Å². The molecule has 1 aromatic carbocycles. The Hall–Kier alpha value is -2.24. The van der Waals surface area contributed by atoms with E-state index in [1.54, 1.807) is 45.9 Å². The fourth-order valence-corrected chi connectivity index (χ4v) is 1.85. The van der Waals surface area contributed by atoms with Crippen LogP contribution in [0.3, 0.4) is 0 Å². The Labute approximate surface area is 130 Å². The molecule has 2 N–H and O–H groups in total. The van der Waals surface area contributed by atoms with Crippen LogP contribution >= 0.6 is 0 Å². The molecule has 1 amide bonds. The van der Waals surface area contributed by atoms with Crippen molar-refractivity contribution in [2.75, 3.05) is 12.4 Å². The first-order chi connectivity index (χ1) is 10.1. The lowest BCUT2D eigenvalue weighted by Gasteiger charge is -2.20. The molecule has 0 aliphatic rings. The number of carbonyl (C=O) groups is 2. The fraction of sp³-hybridized carbons (Fsp3) is 0.500. The smallest absolute Gasteiger partial charge is 0.412 e. The Morgan fingerprint density at radius 1 is 1.32 bits per heavy atom. The first-order valence-corrected chi connectivity index (χ1v) is 7.02. The molecule has 1 atom stereocenters. The number of benzene rings is 1. The molecule has 0 radical (unpaired) electrons. The molecule has 0 bridgehead atoms. The van der Waals surface area contributed by atoms with Crippen molar-refractivity contribution in [2.45, 2.75) is 39.7 Å². The summed E-state index contributed by atoms with van der Waals surface area (Å²) in [7, 11) is 1.52. The number of anilines is 1. The van der Waals surface area contributed by atoms with Crippen LogP contribution in [-0.4, -0.2) is 29.9 Å². The number of carboxylic acids is 1. The minimum atomic E-state index is -0.882. The predicted molar refractivity (Wildman–Crippen MR) is 83.4 cm³/mol. The van der Waals surface area contributed by atoms with Gasteiger partial charge in [0.05, 0.1) is 13.0 Å². The zero-order chi connectivity index (χ0) is 16.9. The number of amides is 1. The van der Waals surface area contributed by atoms with Gasteiger partial charge < -0.3 is 14.6 Å². The second-order valence-electron chi connectivity index (χ2n) is 6.10. The Morgan fingerprint density at radius 2 is 1.95 bits per heavy atom. The summed E-state index contributed by atoms with van der Waals surface area (Å²) in [4.78, 5) is 22.8. The summed E-state index contributed by atoms with van der Waals surface area (Å²) in [5.74, 6) is -0.846. The highest BCUT2D eigenvalue weighted by molar-refractivity contribution is 5.85. The van der Waals surface area contributed by atoms with Crippen molar-refractivity contribution in [3.8, 4) is 5.75 Å². The van der Waals surface area contributed by atoms with Crippen molar-refractivity contribution in [3.05, 3.63) is 23.8 Å². The third-order valence-corrected chi connectivity index (χ3v) is 2.87. The van der Waals surface area contributed by atoms with Gasteiger partial charge >= 0.3 is 12.1 Å². The second kappa shape index (κ2) is 7.15. The average molecular weight is 309 g/mol. The molecule has 0 aliphatic heterocycles. The molecule has 0 saturated heterocycles. The number of carbonyl (C=O) groups excluding carboxylic acids is 1. The summed E-state index contributed by atoms with van der Waals surface area (Å²) in [6.45, 7) is 6.96. The summed E-state index contributed by atoms with van der Waals surface area (Å²) in [6.07, 6.45) is -0.252. The highest BCUT2D eigenvalue weighted by Gasteiger charge is 2.18. The molecule has 0 aromatic heterocycles. The van der Waals surface area contributed by atoms with E-state index in [0.717, 1.165) is 0 Å². The van der Waals surface area contributed by atoms with Crippen molar-refractivity contribution >= 4 is 17.7 Å². The number of carboxylic acid groups (broad SMARTS) is 1. The summed E-state index contributed by atoms with van der Waals surface area (Å²) in [6, 6.07) is 5.07. The van der Waals surface area contributed by atoms with Crippen LogP contribution < -0.4 is 10.1 Å². The van der Waals surface area contributed by atoms with Gasteiger partial charge in [0.25, 0.3) is 0 Å². The van der Waals surface area contributed by atoms with E-state index in [0.29, 0.717) is 23.4 Å². The zero-order valence-corrected chi connectivity index (χ0v) is 13.6. The predicted octanol–water partition coefficient (Wildman–Crippen LogP) is 3.31. The van der Waals surface area contributed by atoms with Crippen molar-refractivity contribution in [2.24, 2.45) is 5.92 Å². The molecular weight excluding hydrogens is 286 g/mol. The van der Waals surface area contributed by atoms with Gasteiger partial charge in [-0.2, -0.15) is 0 Å². The molecule has 1 rings (SSSR count). The average Bonchev–Trinajstić information content (AvgIpc) is 2.36. The number of rotatable bonds is 5. The minimum Gasteiger partial charge on any atom is -0.496 e. The molecule has 1 unspecified atom stereocenters. The van der Waals surface area contributed by atoms with Gasteiger partial charge in [0.15, 0.2) is 0 Å². The second-order valence-corrected chi connectivity index (χ2v) is 6.10. The maximum Gasteiger partial charge on any atom is 0.412 e. The van der Waals surface area contributed by atoms with E-state index in [2.05, 4.69) is 5.32 Å². The lowest BCUT2D eigenvalue weighted by atomic mass is 10.00. The largest absolute Gasteiger partial charge is 0.496 e. The van der Waals surface area contributed by atoms with Crippen LogP contribution in [0.15, 0.2) is 18.2 Å². The van der Waals surface area contributed by atoms with Crippen LogP contribution in [0.4, 0.5) is 10.5 Å². The Kier molecular flexibility index (Phi) is 5.79. The number of hydrogen-bond donors (Lipinski definition) is 2. The van der Waals surface area contributed by atoms with Crippen molar-refractivity contribution < 1.29 is 24.2 Å². The van der Waals surface area contributed by atoms with E-state index in [9.17, 15) is 9.59 Å². The standard InChI is InChI=1S/C16H23NO5/c1-10(14(18)19)8-11-9-12(6-7-13(11)21-5)17-15(20)22-16(2,3)4/h6-7,9-10H,8H2,1-5H3,(H,17,20)(H,18,19). The van der Waals surface area contributed by atoms with E-state index in [1.807, 2.05) is 0 Å². The van der Waals surface area contributed by atoms with Gasteiger partial charge in [0.2, 0.25) is 0 Å². The quantitative estimate of drug-likeness (QED) is 0.871. The number of hydrogen-bond acceptors (Lipinski definition) is 4. The zero-order valence-electron chi connectivity index (χ0n) is 13.6. The van der Waals surface area contributed by atoms with E-state index in [1.165, 1.54) is 7.11 Å². The van der Waals surface area contributed by atoms with Crippen LogP contribution in [0.1, 0.15) is 33.3 Å². The summed E-state index contributed by atoms with van der Waals surface area (Å²) in [5, 5.41) is 11.6. The van der Waals surface area contributed by atoms with E-state index >= 15 is 0 Å². The number of methoxy groups -OCH3 is 1. The number of nitrogens with one attached hydrogen (secondary N) is 1. The van der Waals surface area contributed by atoms with Gasteiger partial charge in [-0.1, -0.05) is 6.92 Å². The van der Waals surface area contributed by atoms with Gasteiger partial charge in [0.1, 0.15) is 11.4 Å². The lowest BCUT2D eigenvalue weighted by molar-refractivity contribution is -0.141. The van der Waals surface area contributed by atoms with Crippen molar-refractivity contribution in [3.63, 3.8) is 0 Å². The fourth-order valence-electron chi connectivity index (χ4n) is 1.85. The third kappa shape index (κ3) is 5.63. The highest BCUT2D eigenvalue weighted by atomic mass is 16.6. The lowest BCUT2D eigenvalue weighted by Crippen LogP contribution is -2.27. The summed E-state index contributed by atoms with van der Waals surface area (Å²) in [5.41, 5.74) is 0.658. The Balaban J connectivity index is 2.90. The van der Waals surface area contributed by atoms with Gasteiger partial charge in [-0.15, -0.1) is 0 Å². The molecule has 0 saturated carbocycles. The number of ether oxygens (including phenoxy) is 2. The van der Waals surface area contributed by atoms with E-state index in [4.69, 9.17) is 14.6 Å². The molecule has 0 spiro atoms. The molecule has 0 aliphatic carbocycles. The molecule has 122 valence electrons. The first kappa shape index (κ1) is 17.8. The first-order valence-electron chi connectivity index (χ1n) is 7.02. The highest BCUT2D eigenvalue weighted by Crippen LogP contribution is 2.25. The van der Waals surface area contributed by atoms with Crippen LogP contribution in [-0.2, 0) is 16.0 Å². The van der Waals surface area contributed by atoms with Crippen molar-refractivity contribution in [1.82, 2.24) is 0 Å². The van der Waals surface area contributed by atoms with Crippen LogP contribution in [0, 0.1) is 5.92 Å². The summed E-state index contributed by atoms with van der Waals surface area (Å²) >= 11 is 0. The maximum absolute atomic E-state index is 11.8. The van der Waals surface area contributed by atoms with Gasteiger partial charge in [0, 0.05) is 5.69 Å². The summed E-state index contributed by atoms with van der Waals surface area (Å²) < 4.78 is 10.4. The molecule has 0 heterocycles. The monoisotopic (exact) mass is 309 g/mol. The van der Waals surface area contributed by atoms with E-state index in [-0.39, 0.29) is 0 Å². The molecule has 1 aromatic rings. The normalized spacial score (nSPS) is 12.4. The Morgan fingerprint density at radius 3 is 2.45 bits per heavy atom. The van der Waals surface area contributed by atoms with Crippen LogP contribution in [0.25, 0.3) is 0 Å². The third-order valence-electron chi connectivity index (χ3n) is 2.87. The molecule has 0 fully saturated rings. The Bertz CT molecular complexity index is 548. The van der Waals surface area contributed by atoms with Gasteiger partial charge in [-0.3, -0.25) is 10.1 Å². The van der Waals surface area contributed by atoms with Gasteiger partial charge in [-0.05, 0) is 51.0 Å². The van der Waals surface area contributed by atoms with Gasteiger partial charge in [-0.25, -0.2) is 4.79 Å². The van der Waals surface area contributed by atoms with Crippen LogP contribution in [0.2, 0.25) is 0 Å². The maximum atomic E-state index is 11.8. The SMILES string of the molecule is COc1ccc(NC(=O)OC(C)(C)C)cc1CC(C)C(=O)O. The topological polar surface area (TPSA) is 84.9 Å².